The molecule has 1 N–H and O–H groups in total. The highest BCUT2D eigenvalue weighted by molar-refractivity contribution is 5.85. The SMILES string of the molecule is CC(C)(C)c1ccc(CNCc2ccc(OC(F)F)cc2)cc1.Cl. The number of ether oxygens (including phenoxy) is 1. The van der Waals surface area contributed by atoms with Crippen molar-refractivity contribution < 1.29 is 13.5 Å². The van der Waals surface area contributed by atoms with E-state index in [0.29, 0.717) is 6.54 Å². The van der Waals surface area contributed by atoms with Gasteiger partial charge in [0.1, 0.15) is 5.75 Å². The van der Waals surface area contributed by atoms with Crippen molar-refractivity contribution in [1.29, 1.82) is 0 Å². The summed E-state index contributed by atoms with van der Waals surface area (Å²) in [6.45, 7) is 5.25. The number of nitrogens with one attached hydrogen (secondary N) is 1. The molecule has 0 saturated carbocycles. The van der Waals surface area contributed by atoms with E-state index in [1.54, 1.807) is 24.3 Å². The molecule has 0 heterocycles. The summed E-state index contributed by atoms with van der Waals surface area (Å²) >= 11 is 0. The highest BCUT2D eigenvalue weighted by atomic mass is 35.5. The van der Waals surface area contributed by atoms with Gasteiger partial charge in [-0.2, -0.15) is 8.78 Å². The molecule has 0 radical (unpaired) electrons. The Labute approximate surface area is 148 Å². The largest absolute Gasteiger partial charge is 0.435 e. The Morgan fingerprint density at radius 3 is 1.75 bits per heavy atom. The van der Waals surface area contributed by atoms with Gasteiger partial charge in [-0.15, -0.1) is 12.4 Å². The van der Waals surface area contributed by atoms with Gasteiger partial charge in [0.05, 0.1) is 0 Å². The van der Waals surface area contributed by atoms with Crippen molar-refractivity contribution in [3.8, 4) is 5.75 Å². The van der Waals surface area contributed by atoms with Crippen LogP contribution >= 0.6 is 12.4 Å². The molecule has 24 heavy (non-hydrogen) atoms. The Morgan fingerprint density at radius 1 is 0.875 bits per heavy atom. The Hall–Kier alpha value is -1.65. The lowest BCUT2D eigenvalue weighted by molar-refractivity contribution is -0.0498. The van der Waals surface area contributed by atoms with Gasteiger partial charge in [0.2, 0.25) is 0 Å². The topological polar surface area (TPSA) is 21.3 Å². The first-order valence-corrected chi connectivity index (χ1v) is 7.68. The fourth-order valence-corrected chi connectivity index (χ4v) is 2.26. The predicted molar refractivity (Wildman–Crippen MR) is 96.0 cm³/mol. The number of benzene rings is 2. The zero-order valence-electron chi connectivity index (χ0n) is 14.2. The number of hydrogen-bond acceptors (Lipinski definition) is 2. The second-order valence-electron chi connectivity index (χ2n) is 6.57. The number of hydrogen-bond donors (Lipinski definition) is 1. The van der Waals surface area contributed by atoms with Crippen LogP contribution in [0.15, 0.2) is 48.5 Å². The predicted octanol–water partition coefficient (Wildman–Crippen LogP) is 5.30. The fourth-order valence-electron chi connectivity index (χ4n) is 2.26. The van der Waals surface area contributed by atoms with E-state index >= 15 is 0 Å². The monoisotopic (exact) mass is 355 g/mol. The Balaban J connectivity index is 0.00000288. The summed E-state index contributed by atoms with van der Waals surface area (Å²) in [7, 11) is 0. The second-order valence-corrected chi connectivity index (χ2v) is 6.57. The lowest BCUT2D eigenvalue weighted by Gasteiger charge is -2.19. The normalized spacial score (nSPS) is 11.2. The molecule has 0 aliphatic heterocycles. The molecule has 2 rings (SSSR count). The molecule has 0 aliphatic carbocycles. The maximum atomic E-state index is 12.1. The summed E-state index contributed by atoms with van der Waals surface area (Å²) < 4.78 is 28.5. The summed E-state index contributed by atoms with van der Waals surface area (Å²) in [5, 5.41) is 3.35. The van der Waals surface area contributed by atoms with Gasteiger partial charge in [-0.3, -0.25) is 0 Å². The van der Waals surface area contributed by atoms with Crippen molar-refractivity contribution in [2.24, 2.45) is 0 Å². The van der Waals surface area contributed by atoms with E-state index < -0.39 is 6.61 Å². The average Bonchev–Trinajstić information content (AvgIpc) is 2.48. The number of halogens is 3. The van der Waals surface area contributed by atoms with E-state index in [2.05, 4.69) is 55.1 Å². The fraction of sp³-hybridized carbons (Fsp3) is 0.368. The van der Waals surface area contributed by atoms with Crippen LogP contribution in [0.25, 0.3) is 0 Å². The molecule has 0 fully saturated rings. The maximum absolute atomic E-state index is 12.1. The lowest BCUT2D eigenvalue weighted by Crippen LogP contribution is -2.14. The minimum Gasteiger partial charge on any atom is -0.435 e. The van der Waals surface area contributed by atoms with Gasteiger partial charge < -0.3 is 10.1 Å². The minimum absolute atomic E-state index is 0. The average molecular weight is 356 g/mol. The quantitative estimate of drug-likeness (QED) is 0.759. The second kappa shape index (κ2) is 9.00. The van der Waals surface area contributed by atoms with E-state index in [-0.39, 0.29) is 23.6 Å². The molecule has 0 saturated heterocycles. The van der Waals surface area contributed by atoms with Crippen LogP contribution < -0.4 is 10.1 Å². The van der Waals surface area contributed by atoms with Crippen LogP contribution in [0, 0.1) is 0 Å². The molecule has 0 spiro atoms. The van der Waals surface area contributed by atoms with Crippen LogP contribution in [0.4, 0.5) is 8.78 Å². The van der Waals surface area contributed by atoms with Crippen molar-refractivity contribution in [2.75, 3.05) is 0 Å². The summed E-state index contributed by atoms with van der Waals surface area (Å²) in [5.41, 5.74) is 3.72. The van der Waals surface area contributed by atoms with Crippen LogP contribution in [-0.2, 0) is 18.5 Å². The van der Waals surface area contributed by atoms with Crippen LogP contribution in [0.5, 0.6) is 5.75 Å². The lowest BCUT2D eigenvalue weighted by atomic mass is 9.87. The Bertz CT molecular complexity index is 607. The van der Waals surface area contributed by atoms with Crippen LogP contribution in [0.3, 0.4) is 0 Å². The van der Waals surface area contributed by atoms with Gasteiger partial charge >= 0.3 is 6.61 Å². The zero-order valence-corrected chi connectivity index (χ0v) is 15.0. The van der Waals surface area contributed by atoms with Crippen molar-refractivity contribution in [3.05, 3.63) is 65.2 Å². The van der Waals surface area contributed by atoms with E-state index in [1.807, 2.05) is 0 Å². The molecule has 0 atom stereocenters. The third-order valence-electron chi connectivity index (χ3n) is 3.63. The Morgan fingerprint density at radius 2 is 1.33 bits per heavy atom. The molecule has 0 aromatic heterocycles. The summed E-state index contributed by atoms with van der Waals surface area (Å²) in [6.07, 6.45) is 0. The van der Waals surface area contributed by atoms with Crippen molar-refractivity contribution in [2.45, 2.75) is 45.9 Å². The van der Waals surface area contributed by atoms with E-state index in [1.165, 1.54) is 11.1 Å². The third kappa shape index (κ3) is 6.46. The number of alkyl halides is 2. The molecule has 132 valence electrons. The first-order valence-electron chi connectivity index (χ1n) is 7.68. The van der Waals surface area contributed by atoms with Gasteiger partial charge in [-0.25, -0.2) is 0 Å². The highest BCUT2D eigenvalue weighted by Crippen LogP contribution is 2.22. The maximum Gasteiger partial charge on any atom is 0.387 e. The summed E-state index contributed by atoms with van der Waals surface area (Å²) in [5.74, 6) is 0.182. The number of rotatable bonds is 6. The minimum atomic E-state index is -2.78. The first kappa shape index (κ1) is 20.4. The third-order valence-corrected chi connectivity index (χ3v) is 3.63. The summed E-state index contributed by atoms with van der Waals surface area (Å²) in [4.78, 5) is 0. The van der Waals surface area contributed by atoms with E-state index in [9.17, 15) is 8.78 Å². The van der Waals surface area contributed by atoms with Gasteiger partial charge in [0, 0.05) is 13.1 Å². The van der Waals surface area contributed by atoms with Gasteiger partial charge in [0.15, 0.2) is 0 Å². The van der Waals surface area contributed by atoms with Gasteiger partial charge in [-0.1, -0.05) is 57.2 Å². The highest BCUT2D eigenvalue weighted by Gasteiger charge is 2.12. The summed E-state index contributed by atoms with van der Waals surface area (Å²) in [6, 6.07) is 15.3. The van der Waals surface area contributed by atoms with Crippen LogP contribution in [0.1, 0.15) is 37.5 Å². The molecule has 2 nitrogen and oxygen atoms in total. The van der Waals surface area contributed by atoms with Gasteiger partial charge in [0.25, 0.3) is 0 Å². The smallest absolute Gasteiger partial charge is 0.387 e. The zero-order chi connectivity index (χ0) is 16.9. The van der Waals surface area contributed by atoms with Crippen molar-refractivity contribution in [1.82, 2.24) is 5.32 Å². The van der Waals surface area contributed by atoms with Crippen molar-refractivity contribution in [3.63, 3.8) is 0 Å². The molecule has 0 aliphatic rings. The molecule has 0 amide bonds. The molecule has 2 aromatic rings. The molecule has 0 bridgehead atoms. The molecule has 0 unspecified atom stereocenters. The van der Waals surface area contributed by atoms with Crippen molar-refractivity contribution >= 4 is 12.4 Å². The molecular formula is C19H24ClF2NO. The molecular weight excluding hydrogens is 332 g/mol. The first-order chi connectivity index (χ1) is 10.8. The van der Waals surface area contributed by atoms with Crippen LogP contribution in [-0.4, -0.2) is 6.61 Å². The Kier molecular flexibility index (Phi) is 7.64. The molecule has 5 heteroatoms. The van der Waals surface area contributed by atoms with Gasteiger partial charge in [-0.05, 0) is 34.2 Å². The van der Waals surface area contributed by atoms with E-state index in [4.69, 9.17) is 0 Å². The van der Waals surface area contributed by atoms with Crippen LogP contribution in [0.2, 0.25) is 0 Å². The standard InChI is InChI=1S/C19H23F2NO.ClH/c1-19(2,3)16-8-4-14(5-9-16)12-22-13-15-6-10-17(11-7-15)23-18(20)21;/h4-11,18,22H,12-13H2,1-3H3;1H. The molecule has 2 aromatic carbocycles. The van der Waals surface area contributed by atoms with E-state index in [0.717, 1.165) is 12.1 Å².